The van der Waals surface area contributed by atoms with Gasteiger partial charge in [0.2, 0.25) is 5.91 Å². The summed E-state index contributed by atoms with van der Waals surface area (Å²) in [6, 6.07) is 4.37. The minimum absolute atomic E-state index is 0.0857. The molecule has 1 amide bonds. The van der Waals surface area contributed by atoms with E-state index in [4.69, 9.17) is 15.2 Å². The maximum atomic E-state index is 12.4. The number of carbonyl (C=O) groups excluding carboxylic acids is 1. The fourth-order valence-corrected chi connectivity index (χ4v) is 3.38. The first kappa shape index (κ1) is 17.6. The average molecular weight is 342 g/mol. The van der Waals surface area contributed by atoms with E-state index in [1.165, 1.54) is 17.0 Å². The summed E-state index contributed by atoms with van der Waals surface area (Å²) in [5.41, 5.74) is 5.51. The number of benzene rings is 1. The second-order valence-electron chi connectivity index (χ2n) is 5.46. The number of nitrogens with two attached hydrogens (primary N) is 1. The third-order valence-corrected chi connectivity index (χ3v) is 5.57. The average Bonchev–Trinajstić information content (AvgIpc) is 2.57. The molecule has 0 radical (unpaired) electrons. The molecule has 128 valence electrons. The molecular weight excluding hydrogens is 320 g/mol. The van der Waals surface area contributed by atoms with Crippen LogP contribution < -0.4 is 15.2 Å². The van der Waals surface area contributed by atoms with Gasteiger partial charge in [0, 0.05) is 32.1 Å². The summed E-state index contributed by atoms with van der Waals surface area (Å²) in [6.45, 7) is 2.97. The number of hydrogen-bond donors (Lipinski definition) is 1. The van der Waals surface area contributed by atoms with E-state index >= 15 is 0 Å². The maximum Gasteiger partial charge on any atom is 0.223 e. The Labute approximate surface area is 136 Å². The summed E-state index contributed by atoms with van der Waals surface area (Å²) < 4.78 is 35.5. The lowest BCUT2D eigenvalue weighted by Crippen LogP contribution is -2.40. The molecule has 0 aromatic heterocycles. The number of fused-ring (bicyclic) bond motifs is 1. The zero-order chi connectivity index (χ0) is 17.0. The van der Waals surface area contributed by atoms with Crippen LogP contribution in [0, 0.1) is 0 Å². The van der Waals surface area contributed by atoms with Crippen LogP contribution in [-0.4, -0.2) is 57.8 Å². The Morgan fingerprint density at radius 2 is 1.96 bits per heavy atom. The predicted octanol–water partition coefficient (Wildman–Crippen LogP) is 0.427. The van der Waals surface area contributed by atoms with E-state index in [-0.39, 0.29) is 29.0 Å². The lowest BCUT2D eigenvalue weighted by atomic mass is 10.3. The lowest BCUT2D eigenvalue weighted by Gasteiger charge is -2.23. The van der Waals surface area contributed by atoms with Gasteiger partial charge in [-0.3, -0.25) is 4.79 Å². The van der Waals surface area contributed by atoms with Gasteiger partial charge in [0.15, 0.2) is 21.3 Å². The van der Waals surface area contributed by atoms with Gasteiger partial charge in [-0.2, -0.15) is 0 Å². The third-order valence-electron chi connectivity index (χ3n) is 3.85. The summed E-state index contributed by atoms with van der Waals surface area (Å²) in [7, 11) is -1.95. The normalized spacial score (nSPS) is 15.1. The van der Waals surface area contributed by atoms with Gasteiger partial charge in [-0.15, -0.1) is 0 Å². The Hall–Kier alpha value is -1.80. The molecule has 1 aliphatic heterocycles. The molecule has 1 atom stereocenters. The van der Waals surface area contributed by atoms with E-state index in [0.29, 0.717) is 31.3 Å². The molecule has 0 saturated carbocycles. The number of carbonyl (C=O) groups is 1. The van der Waals surface area contributed by atoms with Crippen molar-refractivity contribution < 1.29 is 22.7 Å². The number of likely N-dealkylation sites (N-methyl/N-ethyl adjacent to an activating group) is 1. The van der Waals surface area contributed by atoms with E-state index in [1.807, 2.05) is 6.92 Å². The molecule has 0 aliphatic carbocycles. The molecule has 2 rings (SSSR count). The molecule has 1 aromatic rings. The molecule has 0 fully saturated rings. The zero-order valence-corrected chi connectivity index (χ0v) is 14.1. The Kier molecular flexibility index (Phi) is 5.48. The van der Waals surface area contributed by atoms with Gasteiger partial charge in [-0.1, -0.05) is 0 Å². The van der Waals surface area contributed by atoms with Crippen LogP contribution in [0.4, 0.5) is 0 Å². The number of sulfone groups is 1. The molecule has 1 unspecified atom stereocenters. The zero-order valence-electron chi connectivity index (χ0n) is 13.3. The standard InChI is InChI=1S/C15H22N2O5S/c1-11(10-16)17(2)15(18)5-8-23(19,20)12-3-4-13-14(9-12)22-7-6-21-13/h3-4,9,11H,5-8,10,16H2,1-2H3. The summed E-state index contributed by atoms with van der Waals surface area (Å²) in [5, 5.41) is 0. The Morgan fingerprint density at radius 1 is 1.30 bits per heavy atom. The van der Waals surface area contributed by atoms with E-state index in [1.54, 1.807) is 13.1 Å². The Bertz CT molecular complexity index is 674. The quantitative estimate of drug-likeness (QED) is 0.805. The first-order valence-corrected chi connectivity index (χ1v) is 9.08. The molecule has 1 aliphatic rings. The summed E-state index contributed by atoms with van der Waals surface area (Å²) in [6.07, 6.45) is -0.0857. The van der Waals surface area contributed by atoms with Crippen molar-refractivity contribution in [2.75, 3.05) is 32.6 Å². The van der Waals surface area contributed by atoms with Gasteiger partial charge in [0.25, 0.3) is 0 Å². The van der Waals surface area contributed by atoms with Gasteiger partial charge in [0.1, 0.15) is 13.2 Å². The van der Waals surface area contributed by atoms with Crippen LogP contribution in [0.5, 0.6) is 11.5 Å². The van der Waals surface area contributed by atoms with Crippen LogP contribution in [0.3, 0.4) is 0 Å². The fraction of sp³-hybridized carbons (Fsp3) is 0.533. The highest BCUT2D eigenvalue weighted by atomic mass is 32.2. The number of nitrogens with zero attached hydrogens (tertiary/aromatic N) is 1. The minimum Gasteiger partial charge on any atom is -0.486 e. The van der Waals surface area contributed by atoms with E-state index < -0.39 is 9.84 Å². The van der Waals surface area contributed by atoms with Gasteiger partial charge < -0.3 is 20.1 Å². The van der Waals surface area contributed by atoms with Crippen LogP contribution in [0.2, 0.25) is 0 Å². The van der Waals surface area contributed by atoms with Crippen LogP contribution in [-0.2, 0) is 14.6 Å². The highest BCUT2D eigenvalue weighted by molar-refractivity contribution is 7.91. The van der Waals surface area contributed by atoms with Crippen LogP contribution in [0.25, 0.3) is 0 Å². The van der Waals surface area contributed by atoms with E-state index in [0.717, 1.165) is 0 Å². The Balaban J connectivity index is 2.06. The summed E-state index contributed by atoms with van der Waals surface area (Å²) in [5.74, 6) is 0.442. The molecule has 8 heteroatoms. The maximum absolute atomic E-state index is 12.4. The summed E-state index contributed by atoms with van der Waals surface area (Å²) >= 11 is 0. The molecule has 0 spiro atoms. The van der Waals surface area contributed by atoms with Crippen LogP contribution in [0.15, 0.2) is 23.1 Å². The predicted molar refractivity (Wildman–Crippen MR) is 85.4 cm³/mol. The van der Waals surface area contributed by atoms with Gasteiger partial charge in [-0.25, -0.2) is 8.42 Å². The van der Waals surface area contributed by atoms with Crippen molar-refractivity contribution in [1.82, 2.24) is 4.90 Å². The Morgan fingerprint density at radius 3 is 2.61 bits per heavy atom. The van der Waals surface area contributed by atoms with E-state index in [9.17, 15) is 13.2 Å². The largest absolute Gasteiger partial charge is 0.486 e. The smallest absolute Gasteiger partial charge is 0.223 e. The molecule has 0 saturated heterocycles. The first-order valence-electron chi connectivity index (χ1n) is 7.43. The van der Waals surface area contributed by atoms with Crippen molar-refractivity contribution in [2.24, 2.45) is 5.73 Å². The van der Waals surface area contributed by atoms with E-state index in [2.05, 4.69) is 0 Å². The highest BCUT2D eigenvalue weighted by Gasteiger charge is 2.22. The number of amides is 1. The van der Waals surface area contributed by atoms with Crippen molar-refractivity contribution in [2.45, 2.75) is 24.3 Å². The van der Waals surface area contributed by atoms with Crippen LogP contribution in [0.1, 0.15) is 13.3 Å². The van der Waals surface area contributed by atoms with Gasteiger partial charge in [-0.05, 0) is 19.1 Å². The SMILES string of the molecule is CC(CN)N(C)C(=O)CCS(=O)(=O)c1ccc2c(c1)OCCO2. The topological polar surface area (TPSA) is 98.9 Å². The number of hydrogen-bond acceptors (Lipinski definition) is 6. The minimum atomic E-state index is -3.57. The lowest BCUT2D eigenvalue weighted by molar-refractivity contribution is -0.131. The monoisotopic (exact) mass is 342 g/mol. The molecule has 1 aromatic carbocycles. The van der Waals surface area contributed by atoms with Gasteiger partial charge >= 0.3 is 0 Å². The third kappa shape index (κ3) is 4.14. The number of ether oxygens (including phenoxy) is 2. The molecule has 7 nitrogen and oxygen atoms in total. The van der Waals surface area contributed by atoms with Gasteiger partial charge in [0.05, 0.1) is 10.6 Å². The molecule has 1 heterocycles. The second kappa shape index (κ2) is 7.18. The van der Waals surface area contributed by atoms with Crippen LogP contribution >= 0.6 is 0 Å². The molecule has 0 bridgehead atoms. The first-order chi connectivity index (χ1) is 10.8. The molecule has 2 N–H and O–H groups in total. The van der Waals surface area contributed by atoms with Crippen molar-refractivity contribution in [3.05, 3.63) is 18.2 Å². The second-order valence-corrected chi connectivity index (χ2v) is 7.57. The fourth-order valence-electron chi connectivity index (χ4n) is 2.14. The van der Waals surface area contributed by atoms with Crippen molar-refractivity contribution in [3.63, 3.8) is 0 Å². The van der Waals surface area contributed by atoms with Crippen molar-refractivity contribution >= 4 is 15.7 Å². The molecular formula is C15H22N2O5S. The molecule has 23 heavy (non-hydrogen) atoms. The van der Waals surface area contributed by atoms with Crippen molar-refractivity contribution in [3.8, 4) is 11.5 Å². The number of rotatable bonds is 6. The summed E-state index contributed by atoms with van der Waals surface area (Å²) in [4.78, 5) is 13.6. The van der Waals surface area contributed by atoms with Crippen molar-refractivity contribution in [1.29, 1.82) is 0 Å². The highest BCUT2D eigenvalue weighted by Crippen LogP contribution is 2.32.